The zero-order valence-electron chi connectivity index (χ0n) is 10.6. The average molecular weight is 265 g/mol. The molecular weight excluding hydrogens is 249 g/mol. The number of carboxylic acids is 1. The van der Waals surface area contributed by atoms with Crippen LogP contribution < -0.4 is 5.32 Å². The Morgan fingerprint density at radius 1 is 1.21 bits per heavy atom. The predicted octanol–water partition coefficient (Wildman–Crippen LogP) is 2.51. The maximum Gasteiger partial charge on any atom is 0.307 e. The smallest absolute Gasteiger partial charge is 0.307 e. The Morgan fingerprint density at radius 3 is 2.37 bits per heavy atom. The summed E-state index contributed by atoms with van der Waals surface area (Å²) in [6, 6.07) is 5.42. The summed E-state index contributed by atoms with van der Waals surface area (Å²) in [5.41, 5.74) is 0.482. The molecule has 2 N–H and O–H groups in total. The molecular formula is C14H16FNO3. The molecule has 1 aliphatic carbocycles. The van der Waals surface area contributed by atoms with Gasteiger partial charge in [-0.3, -0.25) is 9.59 Å². The lowest BCUT2D eigenvalue weighted by molar-refractivity contribution is -0.145. The van der Waals surface area contributed by atoms with Crippen molar-refractivity contribution >= 4 is 17.6 Å². The van der Waals surface area contributed by atoms with Gasteiger partial charge in [-0.05, 0) is 43.0 Å². The zero-order valence-corrected chi connectivity index (χ0v) is 10.6. The summed E-state index contributed by atoms with van der Waals surface area (Å²) in [4.78, 5) is 23.2. The summed E-state index contributed by atoms with van der Waals surface area (Å²) in [7, 11) is 0. The molecule has 1 amide bonds. The Morgan fingerprint density at radius 2 is 1.79 bits per heavy atom. The van der Waals surface area contributed by atoms with Crippen molar-refractivity contribution < 1.29 is 19.1 Å². The van der Waals surface area contributed by atoms with E-state index in [1.54, 1.807) is 0 Å². The Hall–Kier alpha value is -1.91. The number of nitrogens with one attached hydrogen (secondary N) is 1. The molecule has 0 bridgehead atoms. The predicted molar refractivity (Wildman–Crippen MR) is 68.0 cm³/mol. The normalized spacial score (nSPS) is 26.1. The molecule has 1 unspecified atom stereocenters. The summed E-state index contributed by atoms with van der Waals surface area (Å²) < 4.78 is 12.8. The van der Waals surface area contributed by atoms with Crippen molar-refractivity contribution in [3.05, 3.63) is 30.1 Å². The molecule has 1 saturated carbocycles. The zero-order chi connectivity index (χ0) is 14.0. The fourth-order valence-corrected chi connectivity index (χ4v) is 2.62. The second kappa shape index (κ2) is 5.38. The fraction of sp³-hybridized carbons (Fsp3) is 0.429. The summed E-state index contributed by atoms with van der Waals surface area (Å²) in [5, 5.41) is 11.8. The minimum Gasteiger partial charge on any atom is -0.481 e. The molecule has 0 saturated heterocycles. The van der Waals surface area contributed by atoms with Crippen LogP contribution in [-0.2, 0) is 9.59 Å². The van der Waals surface area contributed by atoms with Crippen molar-refractivity contribution in [2.24, 2.45) is 17.8 Å². The van der Waals surface area contributed by atoms with E-state index in [1.807, 2.05) is 6.92 Å². The largest absolute Gasteiger partial charge is 0.481 e. The van der Waals surface area contributed by atoms with Gasteiger partial charge in [0.05, 0.1) is 11.8 Å². The molecule has 102 valence electrons. The number of carbonyl (C=O) groups excluding carboxylic acids is 1. The number of rotatable bonds is 3. The molecule has 0 radical (unpaired) electrons. The molecule has 0 spiro atoms. The van der Waals surface area contributed by atoms with Gasteiger partial charge in [-0.25, -0.2) is 4.39 Å². The van der Waals surface area contributed by atoms with Gasteiger partial charge in [0, 0.05) is 5.69 Å². The molecule has 2 rings (SSSR count). The quantitative estimate of drug-likeness (QED) is 0.882. The van der Waals surface area contributed by atoms with E-state index in [0.29, 0.717) is 18.5 Å². The van der Waals surface area contributed by atoms with Crippen LogP contribution in [0.2, 0.25) is 0 Å². The molecule has 4 nitrogen and oxygen atoms in total. The lowest BCUT2D eigenvalue weighted by atomic mass is 9.95. The molecule has 5 heteroatoms. The van der Waals surface area contributed by atoms with Gasteiger partial charge in [-0.15, -0.1) is 0 Å². The highest BCUT2D eigenvalue weighted by Gasteiger charge is 2.41. The number of hydrogen-bond acceptors (Lipinski definition) is 2. The summed E-state index contributed by atoms with van der Waals surface area (Å²) in [5.74, 6) is -2.53. The van der Waals surface area contributed by atoms with Crippen LogP contribution in [0.15, 0.2) is 24.3 Å². The van der Waals surface area contributed by atoms with Gasteiger partial charge in [0.15, 0.2) is 0 Å². The van der Waals surface area contributed by atoms with Crippen LogP contribution >= 0.6 is 0 Å². The van der Waals surface area contributed by atoms with Crippen LogP contribution in [-0.4, -0.2) is 17.0 Å². The van der Waals surface area contributed by atoms with E-state index in [1.165, 1.54) is 24.3 Å². The Kier molecular flexibility index (Phi) is 3.83. The highest BCUT2D eigenvalue weighted by molar-refractivity contribution is 5.95. The van der Waals surface area contributed by atoms with Gasteiger partial charge < -0.3 is 10.4 Å². The molecule has 3 atom stereocenters. The fourth-order valence-electron chi connectivity index (χ4n) is 2.62. The number of anilines is 1. The number of carbonyl (C=O) groups is 2. The van der Waals surface area contributed by atoms with Crippen LogP contribution in [0.5, 0.6) is 0 Å². The van der Waals surface area contributed by atoms with E-state index in [0.717, 1.165) is 0 Å². The molecule has 1 aliphatic rings. The van der Waals surface area contributed by atoms with Crippen molar-refractivity contribution in [3.8, 4) is 0 Å². The van der Waals surface area contributed by atoms with Crippen molar-refractivity contribution in [2.45, 2.75) is 19.8 Å². The average Bonchev–Trinajstić information content (AvgIpc) is 2.74. The van der Waals surface area contributed by atoms with E-state index < -0.39 is 17.8 Å². The van der Waals surface area contributed by atoms with Crippen LogP contribution in [0.1, 0.15) is 19.8 Å². The lowest BCUT2D eigenvalue weighted by Crippen LogP contribution is -2.29. The topological polar surface area (TPSA) is 66.4 Å². The van der Waals surface area contributed by atoms with E-state index in [4.69, 9.17) is 5.11 Å². The molecule has 1 fully saturated rings. The first-order valence-electron chi connectivity index (χ1n) is 6.26. The Bertz CT molecular complexity index is 486. The van der Waals surface area contributed by atoms with E-state index >= 15 is 0 Å². The monoisotopic (exact) mass is 265 g/mol. The number of aliphatic carboxylic acids is 1. The first-order chi connectivity index (χ1) is 8.97. The number of amides is 1. The van der Waals surface area contributed by atoms with Crippen LogP contribution in [0.4, 0.5) is 10.1 Å². The summed E-state index contributed by atoms with van der Waals surface area (Å²) >= 11 is 0. The SMILES string of the molecule is CC1C[C@H](C(=O)Nc2ccc(F)cc2)[C@H](C(=O)O)C1. The van der Waals surface area contributed by atoms with Gasteiger partial charge >= 0.3 is 5.97 Å². The molecule has 1 aromatic rings. The van der Waals surface area contributed by atoms with Crippen LogP contribution in [0.3, 0.4) is 0 Å². The van der Waals surface area contributed by atoms with Gasteiger partial charge in [-0.1, -0.05) is 6.92 Å². The minimum atomic E-state index is -0.927. The second-order valence-electron chi connectivity index (χ2n) is 5.12. The van der Waals surface area contributed by atoms with E-state index in [-0.39, 0.29) is 17.6 Å². The molecule has 0 aliphatic heterocycles. The highest BCUT2D eigenvalue weighted by Crippen LogP contribution is 2.37. The number of hydrogen-bond donors (Lipinski definition) is 2. The van der Waals surface area contributed by atoms with Crippen LogP contribution in [0, 0.1) is 23.6 Å². The third kappa shape index (κ3) is 3.10. The third-order valence-electron chi connectivity index (χ3n) is 3.56. The van der Waals surface area contributed by atoms with Crippen molar-refractivity contribution in [2.75, 3.05) is 5.32 Å². The standard InChI is InChI=1S/C14H16FNO3/c1-8-6-11(12(7-8)14(18)19)13(17)16-10-4-2-9(15)3-5-10/h2-5,8,11-12H,6-7H2,1H3,(H,16,17)(H,18,19)/t8?,11-,12+/m0/s1. The summed E-state index contributed by atoms with van der Waals surface area (Å²) in [6.45, 7) is 1.95. The molecule has 0 aromatic heterocycles. The van der Waals surface area contributed by atoms with E-state index in [9.17, 15) is 14.0 Å². The maximum absolute atomic E-state index is 12.8. The van der Waals surface area contributed by atoms with Gasteiger partial charge in [0.1, 0.15) is 5.82 Å². The maximum atomic E-state index is 12.8. The minimum absolute atomic E-state index is 0.227. The second-order valence-corrected chi connectivity index (χ2v) is 5.12. The van der Waals surface area contributed by atoms with Gasteiger partial charge in [-0.2, -0.15) is 0 Å². The number of benzene rings is 1. The first-order valence-corrected chi connectivity index (χ1v) is 6.26. The Labute approximate surface area is 110 Å². The van der Waals surface area contributed by atoms with Crippen molar-refractivity contribution in [1.82, 2.24) is 0 Å². The number of halogens is 1. The van der Waals surface area contributed by atoms with Crippen LogP contribution in [0.25, 0.3) is 0 Å². The van der Waals surface area contributed by atoms with Gasteiger partial charge in [0.25, 0.3) is 0 Å². The highest BCUT2D eigenvalue weighted by atomic mass is 19.1. The first kappa shape index (κ1) is 13.5. The molecule has 0 heterocycles. The van der Waals surface area contributed by atoms with Crippen molar-refractivity contribution in [1.29, 1.82) is 0 Å². The molecule has 1 aromatic carbocycles. The number of carboxylic acid groups (broad SMARTS) is 1. The third-order valence-corrected chi connectivity index (χ3v) is 3.56. The Balaban J connectivity index is 2.06. The van der Waals surface area contributed by atoms with Gasteiger partial charge in [0.2, 0.25) is 5.91 Å². The van der Waals surface area contributed by atoms with E-state index in [2.05, 4.69) is 5.32 Å². The lowest BCUT2D eigenvalue weighted by Gasteiger charge is -2.15. The van der Waals surface area contributed by atoms with Crippen molar-refractivity contribution in [3.63, 3.8) is 0 Å². The molecule has 19 heavy (non-hydrogen) atoms. The summed E-state index contributed by atoms with van der Waals surface area (Å²) in [6.07, 6.45) is 1.10.